The van der Waals surface area contributed by atoms with Gasteiger partial charge in [-0.3, -0.25) is 0 Å². The maximum atomic E-state index is 5.91. The molecule has 2 nitrogen and oxygen atoms in total. The maximum Gasteiger partial charge on any atom is 0.0714 e. The quantitative estimate of drug-likeness (QED) is 0.610. The number of thioether (sulfide) groups is 1. The van der Waals surface area contributed by atoms with E-state index in [9.17, 15) is 0 Å². The van der Waals surface area contributed by atoms with Crippen molar-refractivity contribution in [1.29, 1.82) is 0 Å². The number of hydrogen-bond acceptors (Lipinski definition) is 3. The van der Waals surface area contributed by atoms with Gasteiger partial charge in [-0.25, -0.2) is 0 Å². The third kappa shape index (κ3) is 6.12. The van der Waals surface area contributed by atoms with Crippen LogP contribution in [0, 0.1) is 5.92 Å². The summed E-state index contributed by atoms with van der Waals surface area (Å²) in [5.41, 5.74) is 0. The molecule has 0 N–H and O–H groups in total. The molecule has 0 aromatic carbocycles. The topological polar surface area (TPSA) is 12.5 Å². The molecule has 0 aromatic rings. The standard InChI is InChI=1S/C13H27NOS/c1-12(2)10-14-7-6-13(11-14)15-8-4-5-9-16-3/h12-13H,4-11H2,1-3H3/t13-/m0/s1. The van der Waals surface area contributed by atoms with E-state index in [0.29, 0.717) is 6.10 Å². The van der Waals surface area contributed by atoms with Crippen molar-refractivity contribution < 1.29 is 4.74 Å². The molecule has 0 saturated carbocycles. The van der Waals surface area contributed by atoms with Crippen molar-refractivity contribution >= 4 is 11.8 Å². The molecule has 0 spiro atoms. The van der Waals surface area contributed by atoms with Crippen molar-refractivity contribution in [2.24, 2.45) is 5.92 Å². The van der Waals surface area contributed by atoms with Crippen LogP contribution in [0.4, 0.5) is 0 Å². The van der Waals surface area contributed by atoms with Crippen molar-refractivity contribution in [3.05, 3.63) is 0 Å². The minimum atomic E-state index is 0.507. The summed E-state index contributed by atoms with van der Waals surface area (Å²) in [5.74, 6) is 2.05. The Morgan fingerprint density at radius 2 is 2.19 bits per heavy atom. The number of hydrogen-bond donors (Lipinski definition) is 0. The number of ether oxygens (including phenoxy) is 1. The molecule has 0 aliphatic carbocycles. The van der Waals surface area contributed by atoms with Crippen molar-refractivity contribution in [2.45, 2.75) is 39.2 Å². The van der Waals surface area contributed by atoms with Gasteiger partial charge in [-0.15, -0.1) is 0 Å². The first kappa shape index (κ1) is 14.3. The average Bonchev–Trinajstić information content (AvgIpc) is 2.64. The van der Waals surface area contributed by atoms with Crippen LogP contribution in [0.2, 0.25) is 0 Å². The van der Waals surface area contributed by atoms with Gasteiger partial charge in [0.15, 0.2) is 0 Å². The van der Waals surface area contributed by atoms with Crippen LogP contribution >= 0.6 is 11.8 Å². The predicted molar refractivity (Wildman–Crippen MR) is 73.3 cm³/mol. The van der Waals surface area contributed by atoms with Gasteiger partial charge in [0.2, 0.25) is 0 Å². The van der Waals surface area contributed by atoms with Gasteiger partial charge in [-0.1, -0.05) is 13.8 Å². The monoisotopic (exact) mass is 245 g/mol. The molecule has 96 valence electrons. The van der Waals surface area contributed by atoms with E-state index < -0.39 is 0 Å². The molecule has 1 rings (SSSR count). The van der Waals surface area contributed by atoms with E-state index in [-0.39, 0.29) is 0 Å². The summed E-state index contributed by atoms with van der Waals surface area (Å²) < 4.78 is 5.91. The fourth-order valence-electron chi connectivity index (χ4n) is 2.21. The zero-order valence-corrected chi connectivity index (χ0v) is 11.9. The van der Waals surface area contributed by atoms with Crippen molar-refractivity contribution in [2.75, 3.05) is 38.2 Å². The normalized spacial score (nSPS) is 22.1. The lowest BCUT2D eigenvalue weighted by Gasteiger charge is -2.18. The fourth-order valence-corrected chi connectivity index (χ4v) is 2.71. The molecule has 1 saturated heterocycles. The smallest absolute Gasteiger partial charge is 0.0714 e. The second-order valence-electron chi connectivity index (χ2n) is 5.13. The van der Waals surface area contributed by atoms with Crippen LogP contribution < -0.4 is 0 Å². The van der Waals surface area contributed by atoms with E-state index in [2.05, 4.69) is 25.0 Å². The number of likely N-dealkylation sites (tertiary alicyclic amines) is 1. The Hall–Kier alpha value is 0.270. The van der Waals surface area contributed by atoms with Crippen LogP contribution in [-0.2, 0) is 4.74 Å². The highest BCUT2D eigenvalue weighted by atomic mass is 32.2. The van der Waals surface area contributed by atoms with E-state index in [1.54, 1.807) is 0 Å². The van der Waals surface area contributed by atoms with Gasteiger partial charge in [0.25, 0.3) is 0 Å². The van der Waals surface area contributed by atoms with E-state index in [0.717, 1.165) is 19.1 Å². The predicted octanol–water partition coefficient (Wildman–Crippen LogP) is 2.88. The molecular weight excluding hydrogens is 218 g/mol. The highest BCUT2D eigenvalue weighted by molar-refractivity contribution is 7.98. The highest BCUT2D eigenvalue weighted by Gasteiger charge is 2.22. The van der Waals surface area contributed by atoms with Crippen molar-refractivity contribution in [1.82, 2.24) is 4.90 Å². The van der Waals surface area contributed by atoms with Crippen LogP contribution in [0.15, 0.2) is 0 Å². The van der Waals surface area contributed by atoms with Crippen LogP contribution in [-0.4, -0.2) is 49.3 Å². The largest absolute Gasteiger partial charge is 0.377 e. The molecule has 16 heavy (non-hydrogen) atoms. The van der Waals surface area contributed by atoms with E-state index in [1.165, 1.54) is 38.1 Å². The minimum Gasteiger partial charge on any atom is -0.377 e. The molecule has 0 amide bonds. The molecule has 0 unspecified atom stereocenters. The first-order valence-corrected chi connectivity index (χ1v) is 7.94. The third-order valence-electron chi connectivity index (χ3n) is 2.95. The fraction of sp³-hybridized carbons (Fsp3) is 1.00. The maximum absolute atomic E-state index is 5.91. The Morgan fingerprint density at radius 3 is 2.88 bits per heavy atom. The molecule has 1 aliphatic rings. The highest BCUT2D eigenvalue weighted by Crippen LogP contribution is 2.14. The molecule has 0 aromatic heterocycles. The average molecular weight is 245 g/mol. The summed E-state index contributed by atoms with van der Waals surface area (Å²) in [6.07, 6.45) is 6.43. The molecular formula is C13H27NOS. The zero-order chi connectivity index (χ0) is 11.8. The first-order valence-electron chi connectivity index (χ1n) is 6.55. The molecule has 1 atom stereocenters. The summed E-state index contributed by atoms with van der Waals surface area (Å²) in [4.78, 5) is 2.54. The number of rotatable bonds is 8. The Balaban J connectivity index is 1.99. The van der Waals surface area contributed by atoms with Crippen LogP contribution in [0.25, 0.3) is 0 Å². The lowest BCUT2D eigenvalue weighted by atomic mass is 10.2. The molecule has 0 radical (unpaired) electrons. The Labute approximate surface area is 105 Å². The van der Waals surface area contributed by atoms with E-state index in [1.807, 2.05) is 11.8 Å². The Bertz CT molecular complexity index is 175. The van der Waals surface area contributed by atoms with Gasteiger partial charge in [0.1, 0.15) is 0 Å². The van der Waals surface area contributed by atoms with Crippen molar-refractivity contribution in [3.8, 4) is 0 Å². The van der Waals surface area contributed by atoms with Crippen LogP contribution in [0.3, 0.4) is 0 Å². The molecule has 1 aliphatic heterocycles. The van der Waals surface area contributed by atoms with Gasteiger partial charge < -0.3 is 9.64 Å². The lowest BCUT2D eigenvalue weighted by molar-refractivity contribution is 0.0565. The Kier molecular flexibility index (Phi) is 7.50. The molecule has 0 bridgehead atoms. The molecule has 1 fully saturated rings. The van der Waals surface area contributed by atoms with Crippen molar-refractivity contribution in [3.63, 3.8) is 0 Å². The van der Waals surface area contributed by atoms with Crippen LogP contribution in [0.5, 0.6) is 0 Å². The van der Waals surface area contributed by atoms with Gasteiger partial charge in [-0.05, 0) is 37.2 Å². The lowest BCUT2D eigenvalue weighted by Crippen LogP contribution is -2.27. The second-order valence-corrected chi connectivity index (χ2v) is 6.12. The number of unbranched alkanes of at least 4 members (excludes halogenated alkanes) is 1. The summed E-state index contributed by atoms with van der Waals surface area (Å²) in [6.45, 7) is 9.15. The zero-order valence-electron chi connectivity index (χ0n) is 11.1. The third-order valence-corrected chi connectivity index (χ3v) is 3.65. The summed E-state index contributed by atoms with van der Waals surface area (Å²) in [6, 6.07) is 0. The van der Waals surface area contributed by atoms with Crippen LogP contribution in [0.1, 0.15) is 33.1 Å². The first-order chi connectivity index (χ1) is 7.72. The summed E-state index contributed by atoms with van der Waals surface area (Å²) in [7, 11) is 0. The summed E-state index contributed by atoms with van der Waals surface area (Å²) in [5, 5.41) is 0. The van der Waals surface area contributed by atoms with Gasteiger partial charge in [0.05, 0.1) is 6.10 Å². The van der Waals surface area contributed by atoms with E-state index in [4.69, 9.17) is 4.74 Å². The molecule has 3 heteroatoms. The van der Waals surface area contributed by atoms with E-state index >= 15 is 0 Å². The summed E-state index contributed by atoms with van der Waals surface area (Å²) >= 11 is 1.93. The van der Waals surface area contributed by atoms with Gasteiger partial charge >= 0.3 is 0 Å². The Morgan fingerprint density at radius 1 is 1.38 bits per heavy atom. The molecule has 1 heterocycles. The minimum absolute atomic E-state index is 0.507. The second kappa shape index (κ2) is 8.37. The number of nitrogens with zero attached hydrogens (tertiary/aromatic N) is 1. The van der Waals surface area contributed by atoms with Gasteiger partial charge in [0, 0.05) is 26.2 Å². The van der Waals surface area contributed by atoms with Gasteiger partial charge in [-0.2, -0.15) is 11.8 Å². The SMILES string of the molecule is CSCCCCO[C@H]1CCN(CC(C)C)C1.